The van der Waals surface area contributed by atoms with Crippen LogP contribution >= 0.6 is 23.5 Å². The Kier molecular flexibility index (Phi) is 4.34. The Bertz CT molecular complexity index is 68.0. The van der Waals surface area contributed by atoms with E-state index in [9.17, 15) is 4.79 Å². The molecule has 0 fully saturated rings. The summed E-state index contributed by atoms with van der Waals surface area (Å²) in [7, 11) is 0. The van der Waals surface area contributed by atoms with Gasteiger partial charge in [0.2, 0.25) is 5.91 Å². The first kappa shape index (κ1) is 7.11. The molecule has 0 aromatic carbocycles. The molecule has 7 heavy (non-hydrogen) atoms. The van der Waals surface area contributed by atoms with Gasteiger partial charge >= 0.3 is 0 Å². The van der Waals surface area contributed by atoms with Crippen molar-refractivity contribution in [2.24, 2.45) is 0 Å². The monoisotopic (exact) mass is 139 g/mol. The van der Waals surface area contributed by atoms with Crippen molar-refractivity contribution in [3.8, 4) is 0 Å². The van der Waals surface area contributed by atoms with Crippen LogP contribution < -0.4 is 4.72 Å². The number of amides is 1. The molecule has 0 rings (SSSR count). The second-order valence-electron chi connectivity index (χ2n) is 0.863. The number of halogens is 1. The van der Waals surface area contributed by atoms with E-state index in [2.05, 4.69) is 4.72 Å². The molecule has 0 heterocycles. The van der Waals surface area contributed by atoms with Crippen molar-refractivity contribution in [3.05, 3.63) is 0 Å². The van der Waals surface area contributed by atoms with Crippen LogP contribution in [0.4, 0.5) is 0 Å². The maximum atomic E-state index is 10.1. The lowest BCUT2D eigenvalue weighted by Gasteiger charge is -1.91. The Morgan fingerprint density at radius 1 is 2.00 bits per heavy atom. The van der Waals surface area contributed by atoms with Crippen LogP contribution in [0.3, 0.4) is 0 Å². The molecule has 0 aliphatic heterocycles. The topological polar surface area (TPSA) is 29.1 Å². The molecule has 0 aliphatic carbocycles. The van der Waals surface area contributed by atoms with E-state index in [1.807, 2.05) is 0 Å². The van der Waals surface area contributed by atoms with Crippen LogP contribution in [0, 0.1) is 0 Å². The van der Waals surface area contributed by atoms with Crippen LogP contribution in [-0.2, 0) is 4.79 Å². The second-order valence-corrected chi connectivity index (χ2v) is 1.74. The van der Waals surface area contributed by atoms with Crippen LogP contribution in [0.5, 0.6) is 0 Å². The summed E-state index contributed by atoms with van der Waals surface area (Å²) in [5.74, 6) is -0.102. The normalized spacial score (nSPS) is 8.29. The lowest BCUT2D eigenvalue weighted by Crippen LogP contribution is -2.15. The van der Waals surface area contributed by atoms with Crippen LogP contribution in [-0.4, -0.2) is 18.0 Å². The Labute approximate surface area is 51.7 Å². The number of rotatable bonds is 2. The fourth-order valence-electron chi connectivity index (χ4n) is 0.141. The lowest BCUT2D eigenvalue weighted by atomic mass is 10.8. The standard InChI is InChI=1S/C3H6ClNOS/c1-7-5-3(6)2-4/h2H2,1H3,(H,5,6). The van der Waals surface area contributed by atoms with Crippen molar-refractivity contribution >= 4 is 29.5 Å². The van der Waals surface area contributed by atoms with Gasteiger partial charge in [-0.2, -0.15) is 0 Å². The summed E-state index contributed by atoms with van der Waals surface area (Å²) in [6, 6.07) is 0. The number of nitrogens with one attached hydrogen (secondary N) is 1. The van der Waals surface area contributed by atoms with Gasteiger partial charge in [0.1, 0.15) is 5.88 Å². The van der Waals surface area contributed by atoms with Crippen molar-refractivity contribution in [2.75, 3.05) is 12.1 Å². The maximum absolute atomic E-state index is 10.1. The molecule has 0 saturated heterocycles. The predicted octanol–water partition coefficient (Wildman–Crippen LogP) is 0.619. The van der Waals surface area contributed by atoms with E-state index < -0.39 is 0 Å². The molecular formula is C3H6ClNOS. The summed E-state index contributed by atoms with van der Waals surface area (Å²) < 4.78 is 2.44. The van der Waals surface area contributed by atoms with Gasteiger partial charge in [-0.1, -0.05) is 11.9 Å². The first-order valence-electron chi connectivity index (χ1n) is 1.69. The number of hydrogen-bond acceptors (Lipinski definition) is 2. The Morgan fingerprint density at radius 3 is 2.71 bits per heavy atom. The van der Waals surface area contributed by atoms with Crippen molar-refractivity contribution in [1.29, 1.82) is 0 Å². The van der Waals surface area contributed by atoms with E-state index in [1.54, 1.807) is 6.26 Å². The fourth-order valence-corrected chi connectivity index (χ4v) is 0.587. The van der Waals surface area contributed by atoms with E-state index in [4.69, 9.17) is 11.6 Å². The first-order valence-corrected chi connectivity index (χ1v) is 3.45. The van der Waals surface area contributed by atoms with Gasteiger partial charge in [-0.25, -0.2) is 0 Å². The zero-order valence-electron chi connectivity index (χ0n) is 3.90. The van der Waals surface area contributed by atoms with Gasteiger partial charge < -0.3 is 0 Å². The fraction of sp³-hybridized carbons (Fsp3) is 0.667. The first-order chi connectivity index (χ1) is 3.31. The van der Waals surface area contributed by atoms with Gasteiger partial charge in [-0.3, -0.25) is 9.52 Å². The third kappa shape index (κ3) is 3.95. The van der Waals surface area contributed by atoms with Gasteiger partial charge in [0.05, 0.1) is 0 Å². The molecular weight excluding hydrogens is 134 g/mol. The number of carbonyl (C=O) groups excluding carboxylic acids is 1. The van der Waals surface area contributed by atoms with Crippen molar-refractivity contribution in [2.45, 2.75) is 0 Å². The number of carbonyl (C=O) groups is 1. The summed E-state index contributed by atoms with van der Waals surface area (Å²) in [6.45, 7) is 0. The summed E-state index contributed by atoms with van der Waals surface area (Å²) >= 11 is 6.36. The van der Waals surface area contributed by atoms with E-state index in [1.165, 1.54) is 11.9 Å². The number of alkyl halides is 1. The molecule has 0 unspecified atom stereocenters. The highest BCUT2D eigenvalue weighted by Crippen LogP contribution is 1.82. The van der Waals surface area contributed by atoms with E-state index in [0.29, 0.717) is 0 Å². The SMILES string of the molecule is CSNC(=O)CCl. The van der Waals surface area contributed by atoms with Gasteiger partial charge in [0, 0.05) is 6.26 Å². The largest absolute Gasteiger partial charge is 0.299 e. The van der Waals surface area contributed by atoms with Gasteiger partial charge in [-0.15, -0.1) is 11.6 Å². The van der Waals surface area contributed by atoms with Crippen LogP contribution in [0.2, 0.25) is 0 Å². The van der Waals surface area contributed by atoms with Crippen molar-refractivity contribution < 1.29 is 4.79 Å². The highest BCUT2D eigenvalue weighted by atomic mass is 35.5. The van der Waals surface area contributed by atoms with Crippen LogP contribution in [0.25, 0.3) is 0 Å². The Morgan fingerprint density at radius 2 is 2.57 bits per heavy atom. The highest BCUT2D eigenvalue weighted by molar-refractivity contribution is 7.97. The molecule has 0 saturated carbocycles. The molecule has 1 N–H and O–H groups in total. The summed E-state index contributed by atoms with van der Waals surface area (Å²) in [5, 5.41) is 0. The van der Waals surface area contributed by atoms with E-state index >= 15 is 0 Å². The van der Waals surface area contributed by atoms with Crippen molar-refractivity contribution in [3.63, 3.8) is 0 Å². The van der Waals surface area contributed by atoms with Gasteiger partial charge in [0.15, 0.2) is 0 Å². The molecule has 0 aromatic rings. The minimum Gasteiger partial charge on any atom is -0.299 e. The van der Waals surface area contributed by atoms with E-state index in [-0.39, 0.29) is 11.8 Å². The molecule has 42 valence electrons. The maximum Gasteiger partial charge on any atom is 0.244 e. The molecule has 0 bridgehead atoms. The lowest BCUT2D eigenvalue weighted by molar-refractivity contribution is -0.116. The Hall–Kier alpha value is 0.110. The average Bonchev–Trinajstić information content (AvgIpc) is 1.68. The van der Waals surface area contributed by atoms with Gasteiger partial charge in [-0.05, 0) is 0 Å². The third-order valence-corrected chi connectivity index (χ3v) is 1.01. The zero-order valence-corrected chi connectivity index (χ0v) is 5.47. The molecule has 0 spiro atoms. The minimum absolute atomic E-state index is 0.0425. The molecule has 4 heteroatoms. The smallest absolute Gasteiger partial charge is 0.244 e. The summed E-state index contributed by atoms with van der Waals surface area (Å²) in [4.78, 5) is 10.1. The highest BCUT2D eigenvalue weighted by Gasteiger charge is 1.91. The average molecular weight is 140 g/mol. The quantitative estimate of drug-likeness (QED) is 0.449. The molecule has 2 nitrogen and oxygen atoms in total. The molecule has 0 atom stereocenters. The van der Waals surface area contributed by atoms with Gasteiger partial charge in [0.25, 0.3) is 0 Å². The second kappa shape index (κ2) is 4.27. The van der Waals surface area contributed by atoms with E-state index in [0.717, 1.165) is 0 Å². The van der Waals surface area contributed by atoms with Crippen LogP contribution in [0.15, 0.2) is 0 Å². The van der Waals surface area contributed by atoms with Crippen molar-refractivity contribution in [1.82, 2.24) is 4.72 Å². The third-order valence-electron chi connectivity index (χ3n) is 0.337. The summed E-state index contributed by atoms with van der Waals surface area (Å²) in [6.07, 6.45) is 1.77. The molecule has 0 aliphatic rings. The number of hydrogen-bond donors (Lipinski definition) is 1. The van der Waals surface area contributed by atoms with Crippen LogP contribution in [0.1, 0.15) is 0 Å². The molecule has 1 amide bonds. The zero-order chi connectivity index (χ0) is 5.70. The predicted molar refractivity (Wildman–Crippen MR) is 32.4 cm³/mol. The molecule has 0 aromatic heterocycles. The molecule has 0 radical (unpaired) electrons. The summed E-state index contributed by atoms with van der Waals surface area (Å²) in [5.41, 5.74) is 0. The Balaban J connectivity index is 3.00. The minimum atomic E-state index is -0.144.